The van der Waals surface area contributed by atoms with E-state index in [1.54, 1.807) is 7.11 Å². The van der Waals surface area contributed by atoms with Crippen molar-refractivity contribution in [2.24, 2.45) is 0 Å². The van der Waals surface area contributed by atoms with Gasteiger partial charge in [0.25, 0.3) is 0 Å². The van der Waals surface area contributed by atoms with Crippen molar-refractivity contribution < 1.29 is 4.74 Å². The number of benzene rings is 2. The maximum absolute atomic E-state index is 5.37. The number of thiocarbonyl (C=S) groups is 1. The molecule has 0 aliphatic heterocycles. The fourth-order valence-electron chi connectivity index (χ4n) is 2.42. The summed E-state index contributed by atoms with van der Waals surface area (Å²) in [6.07, 6.45) is 0.998. The molecule has 4 nitrogen and oxygen atoms in total. The third kappa shape index (κ3) is 5.42. The zero-order valence-corrected chi connectivity index (χ0v) is 15.3. The molecular weight excluding hydrogens is 318 g/mol. The van der Waals surface area contributed by atoms with Crippen LogP contribution in [0.1, 0.15) is 12.0 Å². The zero-order valence-electron chi connectivity index (χ0n) is 14.5. The molecule has 0 saturated heterocycles. The second-order valence-corrected chi connectivity index (χ2v) is 6.10. The molecule has 0 aromatic heterocycles. The first-order valence-electron chi connectivity index (χ1n) is 8.06. The van der Waals surface area contributed by atoms with Crippen LogP contribution in [0, 0.1) is 6.92 Å². The molecule has 0 amide bonds. The molecule has 0 atom stereocenters. The summed E-state index contributed by atoms with van der Waals surface area (Å²) in [5.41, 5.74) is 3.27. The molecule has 0 bridgehead atoms. The van der Waals surface area contributed by atoms with Crippen LogP contribution in [0.5, 0.6) is 5.75 Å². The van der Waals surface area contributed by atoms with Gasteiger partial charge in [0.15, 0.2) is 5.11 Å². The molecule has 0 spiro atoms. The predicted molar refractivity (Wildman–Crippen MR) is 106 cm³/mol. The van der Waals surface area contributed by atoms with Crippen LogP contribution < -0.4 is 20.3 Å². The fourth-order valence-corrected chi connectivity index (χ4v) is 2.63. The van der Waals surface area contributed by atoms with E-state index < -0.39 is 0 Å². The summed E-state index contributed by atoms with van der Waals surface area (Å²) in [6.45, 7) is 3.82. The number of para-hydroxylation sites is 1. The Kier molecular flexibility index (Phi) is 6.88. The van der Waals surface area contributed by atoms with Crippen molar-refractivity contribution in [1.82, 2.24) is 5.32 Å². The maximum Gasteiger partial charge on any atom is 0.170 e. The molecule has 0 heterocycles. The van der Waals surface area contributed by atoms with E-state index in [1.807, 2.05) is 31.2 Å². The monoisotopic (exact) mass is 343 g/mol. The van der Waals surface area contributed by atoms with Gasteiger partial charge >= 0.3 is 0 Å². The average molecular weight is 343 g/mol. The average Bonchev–Trinajstić information content (AvgIpc) is 2.59. The first kappa shape index (κ1) is 18.1. The minimum atomic E-state index is 0.612. The smallest absolute Gasteiger partial charge is 0.170 e. The highest BCUT2D eigenvalue weighted by Gasteiger charge is 2.05. The summed E-state index contributed by atoms with van der Waals surface area (Å²) in [5, 5.41) is 7.06. The van der Waals surface area contributed by atoms with Gasteiger partial charge in [-0.2, -0.15) is 0 Å². The van der Waals surface area contributed by atoms with Crippen LogP contribution in [0.25, 0.3) is 0 Å². The third-order valence-electron chi connectivity index (χ3n) is 3.76. The number of nitrogens with zero attached hydrogens (tertiary/aromatic N) is 1. The number of ether oxygens (including phenoxy) is 1. The van der Waals surface area contributed by atoms with Crippen molar-refractivity contribution in [3.05, 3.63) is 54.1 Å². The number of anilines is 2. The normalized spacial score (nSPS) is 10.1. The van der Waals surface area contributed by atoms with Crippen LogP contribution in [0.3, 0.4) is 0 Å². The van der Waals surface area contributed by atoms with Gasteiger partial charge in [-0.3, -0.25) is 0 Å². The number of nitrogens with one attached hydrogen (secondary N) is 2. The number of aryl methyl sites for hydroxylation is 1. The van der Waals surface area contributed by atoms with E-state index in [2.05, 4.69) is 46.8 Å². The lowest BCUT2D eigenvalue weighted by molar-refractivity contribution is 0.417. The lowest BCUT2D eigenvalue weighted by atomic mass is 10.2. The molecule has 24 heavy (non-hydrogen) atoms. The Morgan fingerprint density at radius 2 is 1.92 bits per heavy atom. The van der Waals surface area contributed by atoms with Crippen LogP contribution >= 0.6 is 12.2 Å². The van der Waals surface area contributed by atoms with Gasteiger partial charge in [-0.25, -0.2) is 0 Å². The summed E-state index contributed by atoms with van der Waals surface area (Å²) < 4.78 is 5.35. The summed E-state index contributed by atoms with van der Waals surface area (Å²) in [7, 11) is 3.76. The van der Waals surface area contributed by atoms with Crippen molar-refractivity contribution in [1.29, 1.82) is 0 Å². The van der Waals surface area contributed by atoms with Crippen molar-refractivity contribution in [2.45, 2.75) is 13.3 Å². The van der Waals surface area contributed by atoms with Crippen LogP contribution in [-0.4, -0.2) is 32.4 Å². The Hall–Kier alpha value is -2.27. The van der Waals surface area contributed by atoms with Crippen LogP contribution in [0.2, 0.25) is 0 Å². The number of rotatable bonds is 7. The number of hydrogen-bond donors (Lipinski definition) is 2. The topological polar surface area (TPSA) is 36.5 Å². The minimum Gasteiger partial charge on any atom is -0.495 e. The molecule has 0 saturated carbocycles. The molecule has 0 unspecified atom stereocenters. The van der Waals surface area contributed by atoms with Gasteiger partial charge in [0.05, 0.1) is 12.8 Å². The molecule has 0 aliphatic carbocycles. The molecule has 0 radical (unpaired) electrons. The van der Waals surface area contributed by atoms with Crippen LogP contribution in [-0.2, 0) is 0 Å². The zero-order chi connectivity index (χ0) is 17.4. The van der Waals surface area contributed by atoms with Gasteiger partial charge in [0, 0.05) is 25.8 Å². The van der Waals surface area contributed by atoms with E-state index in [9.17, 15) is 0 Å². The molecule has 2 rings (SSSR count). The first-order valence-corrected chi connectivity index (χ1v) is 8.46. The van der Waals surface area contributed by atoms with Crippen LogP contribution in [0.4, 0.5) is 11.4 Å². The Morgan fingerprint density at radius 1 is 1.17 bits per heavy atom. The first-order chi connectivity index (χ1) is 11.6. The van der Waals surface area contributed by atoms with Crippen molar-refractivity contribution in [2.75, 3.05) is 37.5 Å². The predicted octanol–water partition coefficient (Wildman–Crippen LogP) is 3.82. The molecule has 2 N–H and O–H groups in total. The summed E-state index contributed by atoms with van der Waals surface area (Å²) in [6, 6.07) is 16.3. The highest BCUT2D eigenvalue weighted by atomic mass is 32.1. The van der Waals surface area contributed by atoms with E-state index in [4.69, 9.17) is 17.0 Å². The molecule has 128 valence electrons. The van der Waals surface area contributed by atoms with Crippen molar-refractivity contribution >= 4 is 28.7 Å². The Bertz CT molecular complexity index is 661. The molecule has 2 aromatic carbocycles. The summed E-state index contributed by atoms with van der Waals surface area (Å²) in [4.78, 5) is 2.24. The lowest BCUT2D eigenvalue weighted by Crippen LogP contribution is -2.31. The van der Waals surface area contributed by atoms with Gasteiger partial charge in [-0.1, -0.05) is 24.3 Å². The highest BCUT2D eigenvalue weighted by Crippen LogP contribution is 2.24. The largest absolute Gasteiger partial charge is 0.495 e. The summed E-state index contributed by atoms with van der Waals surface area (Å²) in [5.74, 6) is 0.786. The third-order valence-corrected chi connectivity index (χ3v) is 4.00. The summed E-state index contributed by atoms with van der Waals surface area (Å²) >= 11 is 5.37. The van der Waals surface area contributed by atoms with Gasteiger partial charge in [-0.05, 0) is 55.4 Å². The van der Waals surface area contributed by atoms with E-state index in [-0.39, 0.29) is 0 Å². The fraction of sp³-hybridized carbons (Fsp3) is 0.316. The molecule has 0 fully saturated rings. The molecule has 0 aliphatic rings. The Morgan fingerprint density at radius 3 is 2.62 bits per heavy atom. The number of hydrogen-bond acceptors (Lipinski definition) is 3. The molecule has 2 aromatic rings. The van der Waals surface area contributed by atoms with Crippen molar-refractivity contribution in [3.8, 4) is 5.75 Å². The van der Waals surface area contributed by atoms with E-state index in [0.29, 0.717) is 5.11 Å². The lowest BCUT2D eigenvalue weighted by Gasteiger charge is -2.19. The SMILES string of the molecule is COc1ccc(C)cc1NC(=S)NCCCN(C)c1ccccc1. The van der Waals surface area contributed by atoms with Crippen LogP contribution in [0.15, 0.2) is 48.5 Å². The van der Waals surface area contributed by atoms with Crippen molar-refractivity contribution in [3.63, 3.8) is 0 Å². The minimum absolute atomic E-state index is 0.612. The Labute approximate surface area is 149 Å². The standard InChI is InChI=1S/C19H25N3OS/c1-15-10-11-18(23-3)17(14-15)21-19(24)20-12-7-13-22(2)16-8-5-4-6-9-16/h4-6,8-11,14H,7,12-13H2,1-3H3,(H2,20,21,24). The second kappa shape index (κ2) is 9.13. The van der Waals surface area contributed by atoms with Gasteiger partial charge in [0.2, 0.25) is 0 Å². The second-order valence-electron chi connectivity index (χ2n) is 5.70. The Balaban J connectivity index is 1.75. The van der Waals surface area contributed by atoms with Gasteiger partial charge in [0.1, 0.15) is 5.75 Å². The van der Waals surface area contributed by atoms with Gasteiger partial charge < -0.3 is 20.3 Å². The van der Waals surface area contributed by atoms with E-state index in [0.717, 1.165) is 36.5 Å². The molecular formula is C19H25N3OS. The van der Waals surface area contributed by atoms with E-state index in [1.165, 1.54) is 5.69 Å². The van der Waals surface area contributed by atoms with Gasteiger partial charge in [-0.15, -0.1) is 0 Å². The van der Waals surface area contributed by atoms with E-state index >= 15 is 0 Å². The maximum atomic E-state index is 5.37. The molecule has 5 heteroatoms. The quantitative estimate of drug-likeness (QED) is 0.590. The highest BCUT2D eigenvalue weighted by molar-refractivity contribution is 7.80. The number of methoxy groups -OCH3 is 1.